The largest absolute Gasteiger partial charge is 0 e. The van der Waals surface area contributed by atoms with Crippen molar-refractivity contribution in [3.05, 3.63) is 0 Å². The molecule has 0 fully saturated rings. The van der Waals surface area contributed by atoms with E-state index in [1.54, 1.807) is 0 Å². The Kier molecular flexibility index (Phi) is 354. The van der Waals surface area contributed by atoms with Gasteiger partial charge in [-0.3, -0.25) is 0 Å². The zero-order chi connectivity index (χ0) is 0. The molecule has 0 heterocycles. The van der Waals surface area contributed by atoms with Crippen LogP contribution >= 0.6 is 0 Å². The Labute approximate surface area is 79.7 Å². The van der Waals surface area contributed by atoms with E-state index in [1.807, 2.05) is 0 Å². The van der Waals surface area contributed by atoms with Crippen molar-refractivity contribution >= 4 is 11.0 Å². The third-order valence-corrected chi connectivity index (χ3v) is 0. The molecule has 0 saturated heterocycles. The minimum absolute atomic E-state index is 0. The van der Waals surface area contributed by atoms with Crippen molar-refractivity contribution in [1.29, 1.82) is 0 Å². The zero-order valence-electron chi connectivity index (χ0n) is 2.05. The van der Waals surface area contributed by atoms with Crippen molar-refractivity contribution < 1.29 is 69.5 Å². The first-order chi connectivity index (χ1) is 0. The van der Waals surface area contributed by atoms with Crippen molar-refractivity contribution in [1.82, 2.24) is 0 Å². The molecule has 0 unspecified atom stereocenters. The molecule has 0 aliphatic rings. The van der Waals surface area contributed by atoms with Gasteiger partial charge in [-0.15, -0.1) is 0 Å². The van der Waals surface area contributed by atoms with Crippen molar-refractivity contribution in [2.75, 3.05) is 0 Å². The van der Waals surface area contributed by atoms with Gasteiger partial charge in [-0.05, 0) is 0 Å². The Bertz CT molecular complexity index is 11.6. The molecular formula is CrMnNiSiV. The molecule has 0 N–H and O–H groups in total. The molecule has 0 aromatic rings. The quantitative estimate of drug-likeness (QED) is 0.509. The van der Waals surface area contributed by atoms with E-state index in [0.717, 1.165) is 0 Å². The maximum atomic E-state index is 0. The van der Waals surface area contributed by atoms with E-state index in [1.165, 1.54) is 0 Å². The van der Waals surface area contributed by atoms with Gasteiger partial charge in [-0.2, -0.15) is 0 Å². The Hall–Kier alpha value is 2.35. The van der Waals surface area contributed by atoms with Crippen LogP contribution in [-0.2, 0) is 69.5 Å². The predicted molar refractivity (Wildman–Crippen MR) is 5.75 cm³/mol. The van der Waals surface area contributed by atoms with Gasteiger partial charge >= 0.3 is 0 Å². The summed E-state index contributed by atoms with van der Waals surface area (Å²) in [4.78, 5) is 0. The molecule has 5 heavy (non-hydrogen) atoms. The van der Waals surface area contributed by atoms with Crippen molar-refractivity contribution in [2.24, 2.45) is 0 Å². The van der Waals surface area contributed by atoms with Gasteiger partial charge < -0.3 is 0 Å². The van der Waals surface area contributed by atoms with Crippen LogP contribution in [0.2, 0.25) is 0 Å². The molecule has 0 spiro atoms. The summed E-state index contributed by atoms with van der Waals surface area (Å²) >= 11 is 0. The predicted octanol–water partition coefficient (Wildman–Crippen LogP) is -0.391. The molecular weight excluding hydrogens is 245 g/mol. The van der Waals surface area contributed by atoms with Gasteiger partial charge in [0.05, 0.1) is 0 Å². The molecule has 5 heteroatoms. The number of hydrogen-bond acceptors (Lipinski definition) is 0. The van der Waals surface area contributed by atoms with E-state index in [-0.39, 0.29) is 80.4 Å². The number of hydrogen-bond donors (Lipinski definition) is 0. The van der Waals surface area contributed by atoms with Crippen LogP contribution in [0.4, 0.5) is 0 Å². The van der Waals surface area contributed by atoms with E-state index in [0.29, 0.717) is 0 Å². The second-order valence-electron chi connectivity index (χ2n) is 0. The van der Waals surface area contributed by atoms with Gasteiger partial charge in [0.15, 0.2) is 0 Å². The second-order valence-corrected chi connectivity index (χ2v) is 0. The van der Waals surface area contributed by atoms with Gasteiger partial charge in [0.2, 0.25) is 0 Å². The molecule has 0 aliphatic heterocycles. The standard InChI is InChI=1S/Cr.Mn.Ni.Si.V. The maximum absolute atomic E-state index is 0. The smallest absolute Gasteiger partial charge is 0 e. The van der Waals surface area contributed by atoms with Gasteiger partial charge in [-0.1, -0.05) is 0 Å². The van der Waals surface area contributed by atoms with Crippen LogP contribution in [0, 0.1) is 0 Å². The minimum atomic E-state index is 0. The Morgan fingerprint density at radius 2 is 1.00 bits per heavy atom. The average molecular weight is 245 g/mol. The molecule has 0 atom stereocenters. The van der Waals surface area contributed by atoms with Crippen molar-refractivity contribution in [3.63, 3.8) is 0 Å². The zero-order valence-corrected chi connectivity index (χ0v) is 7.89. The maximum Gasteiger partial charge on any atom is 0 e. The molecule has 0 bridgehead atoms. The summed E-state index contributed by atoms with van der Waals surface area (Å²) in [6.45, 7) is 0. The summed E-state index contributed by atoms with van der Waals surface area (Å²) in [5.74, 6) is 0. The van der Waals surface area contributed by atoms with Crippen LogP contribution in [-0.4, -0.2) is 11.0 Å². The molecule has 0 rings (SSSR count). The van der Waals surface area contributed by atoms with E-state index in [2.05, 4.69) is 0 Å². The molecule has 0 amide bonds. The average Bonchev–Trinajstić information content (AvgIpc) is 0. The van der Waals surface area contributed by atoms with E-state index in [4.69, 9.17) is 0 Å². The fraction of sp³-hybridized carbons (Fsp3) is 0. The van der Waals surface area contributed by atoms with Gasteiger partial charge in [0, 0.05) is 80.4 Å². The van der Waals surface area contributed by atoms with Crippen LogP contribution in [0.3, 0.4) is 0 Å². The first-order valence-corrected chi connectivity index (χ1v) is 0. The third kappa shape index (κ3) is 21.8. The summed E-state index contributed by atoms with van der Waals surface area (Å²) in [5.41, 5.74) is 0. The van der Waals surface area contributed by atoms with Crippen LogP contribution in [0.5, 0.6) is 0 Å². The molecule has 0 saturated carbocycles. The minimum Gasteiger partial charge on any atom is 0 e. The molecule has 0 aromatic heterocycles. The summed E-state index contributed by atoms with van der Waals surface area (Å²) < 4.78 is 0. The third-order valence-electron chi connectivity index (χ3n) is 0. The fourth-order valence-corrected chi connectivity index (χ4v) is 0. The fourth-order valence-electron chi connectivity index (χ4n) is 0. The van der Waals surface area contributed by atoms with Gasteiger partial charge in [0.1, 0.15) is 0 Å². The Balaban J connectivity index is 0. The Morgan fingerprint density at radius 1 is 1.00 bits per heavy atom. The molecule has 6 radical (unpaired) electrons. The van der Waals surface area contributed by atoms with Crippen molar-refractivity contribution in [3.8, 4) is 0 Å². The van der Waals surface area contributed by atoms with Gasteiger partial charge in [-0.25, -0.2) is 0 Å². The normalized spacial score (nSPS) is 0. The second kappa shape index (κ2) is 32.9. The van der Waals surface area contributed by atoms with Crippen LogP contribution in [0.25, 0.3) is 0 Å². The SMILES string of the molecule is [Cr].[Mn].[Ni].[Si].[V]. The van der Waals surface area contributed by atoms with E-state index in [9.17, 15) is 0 Å². The van der Waals surface area contributed by atoms with E-state index < -0.39 is 0 Å². The summed E-state index contributed by atoms with van der Waals surface area (Å²) in [6.07, 6.45) is 0. The van der Waals surface area contributed by atoms with E-state index >= 15 is 0 Å². The van der Waals surface area contributed by atoms with Gasteiger partial charge in [0.25, 0.3) is 0 Å². The first kappa shape index (κ1) is 53.7. The molecule has 0 nitrogen and oxygen atoms in total. The van der Waals surface area contributed by atoms with Crippen LogP contribution in [0.15, 0.2) is 0 Å². The number of rotatable bonds is 0. The Morgan fingerprint density at radius 3 is 1.00 bits per heavy atom. The summed E-state index contributed by atoms with van der Waals surface area (Å²) in [6, 6.07) is 0. The topological polar surface area (TPSA) is 0 Å². The van der Waals surface area contributed by atoms with Crippen molar-refractivity contribution in [2.45, 2.75) is 0 Å². The monoisotopic (exact) mass is 244 g/mol. The summed E-state index contributed by atoms with van der Waals surface area (Å²) in [7, 11) is 0. The molecule has 32 valence electrons. The van der Waals surface area contributed by atoms with Crippen LogP contribution in [0.1, 0.15) is 0 Å². The molecule has 0 aliphatic carbocycles. The summed E-state index contributed by atoms with van der Waals surface area (Å²) in [5, 5.41) is 0. The molecule has 0 aromatic carbocycles. The first-order valence-electron chi connectivity index (χ1n) is 0. The van der Waals surface area contributed by atoms with Crippen LogP contribution < -0.4 is 0 Å².